The van der Waals surface area contributed by atoms with Gasteiger partial charge < -0.3 is 15.2 Å². The molecule has 2 N–H and O–H groups in total. The Balaban J connectivity index is 1.51. The van der Waals surface area contributed by atoms with Crippen LogP contribution in [0.3, 0.4) is 0 Å². The topological polar surface area (TPSA) is 75.6 Å². The standard InChI is InChI=1S/C24H19BrFNO4/c25-19-10-5-11-20(26)23(19)21(12-22(28)29)27-24(30)31-13-18-16-8-3-1-6-14(16)15-7-2-4-9-17(15)18/h1-11,18,21H,12-13H2,(H,27,30)(H,28,29)/t21-/m1/s1. The number of amides is 1. The molecule has 7 heteroatoms. The van der Waals surface area contributed by atoms with E-state index in [0.717, 1.165) is 22.3 Å². The number of alkyl carbamates (subject to hydrolysis) is 1. The van der Waals surface area contributed by atoms with Gasteiger partial charge >= 0.3 is 12.1 Å². The van der Waals surface area contributed by atoms with Gasteiger partial charge in [0, 0.05) is 16.0 Å². The van der Waals surface area contributed by atoms with Crippen LogP contribution < -0.4 is 5.32 Å². The molecule has 1 aliphatic carbocycles. The monoisotopic (exact) mass is 483 g/mol. The first-order chi connectivity index (χ1) is 15.0. The van der Waals surface area contributed by atoms with Crippen LogP contribution >= 0.6 is 15.9 Å². The number of fused-ring (bicyclic) bond motifs is 3. The molecule has 1 atom stereocenters. The Hall–Kier alpha value is -3.19. The highest BCUT2D eigenvalue weighted by molar-refractivity contribution is 9.10. The van der Waals surface area contributed by atoms with E-state index in [9.17, 15) is 19.1 Å². The summed E-state index contributed by atoms with van der Waals surface area (Å²) in [6, 6.07) is 19.1. The number of benzene rings is 3. The number of carbonyl (C=O) groups is 2. The molecule has 1 amide bonds. The molecular formula is C24H19BrFNO4. The summed E-state index contributed by atoms with van der Waals surface area (Å²) in [4.78, 5) is 23.8. The average Bonchev–Trinajstić information content (AvgIpc) is 3.05. The first kappa shape index (κ1) is 21.1. The maximum absolute atomic E-state index is 14.3. The van der Waals surface area contributed by atoms with Crippen LogP contribution in [-0.4, -0.2) is 23.8 Å². The van der Waals surface area contributed by atoms with Crippen LogP contribution in [0.5, 0.6) is 0 Å². The van der Waals surface area contributed by atoms with Crippen molar-refractivity contribution >= 4 is 28.0 Å². The van der Waals surface area contributed by atoms with Gasteiger partial charge in [-0.25, -0.2) is 9.18 Å². The van der Waals surface area contributed by atoms with E-state index in [4.69, 9.17) is 4.74 Å². The minimum absolute atomic E-state index is 0.0680. The van der Waals surface area contributed by atoms with Crippen LogP contribution in [0.4, 0.5) is 9.18 Å². The van der Waals surface area contributed by atoms with Crippen LogP contribution in [0.1, 0.15) is 35.1 Å². The molecule has 0 unspecified atom stereocenters. The fraction of sp³-hybridized carbons (Fsp3) is 0.167. The molecule has 0 aliphatic heterocycles. The quantitative estimate of drug-likeness (QED) is 0.475. The van der Waals surface area contributed by atoms with Gasteiger partial charge in [-0.2, -0.15) is 0 Å². The summed E-state index contributed by atoms with van der Waals surface area (Å²) < 4.78 is 20.2. The van der Waals surface area contributed by atoms with E-state index in [1.807, 2.05) is 48.5 Å². The zero-order valence-electron chi connectivity index (χ0n) is 16.3. The molecule has 1 aliphatic rings. The van der Waals surface area contributed by atoms with E-state index < -0.39 is 30.3 Å². The molecule has 0 aromatic heterocycles. The summed E-state index contributed by atoms with van der Waals surface area (Å²) in [6.45, 7) is 0.0814. The highest BCUT2D eigenvalue weighted by Crippen LogP contribution is 2.44. The number of rotatable bonds is 6. The summed E-state index contributed by atoms with van der Waals surface area (Å²) in [5.41, 5.74) is 4.40. The number of carbonyl (C=O) groups excluding carboxylic acids is 1. The predicted octanol–water partition coefficient (Wildman–Crippen LogP) is 5.64. The summed E-state index contributed by atoms with van der Waals surface area (Å²) in [6.07, 6.45) is -1.28. The van der Waals surface area contributed by atoms with Crippen LogP contribution in [0.15, 0.2) is 71.2 Å². The summed E-state index contributed by atoms with van der Waals surface area (Å²) in [7, 11) is 0. The average molecular weight is 484 g/mol. The lowest BCUT2D eigenvalue weighted by atomic mass is 9.98. The lowest BCUT2D eigenvalue weighted by molar-refractivity contribution is -0.137. The molecule has 0 saturated carbocycles. The Morgan fingerprint density at radius 2 is 1.61 bits per heavy atom. The van der Waals surface area contributed by atoms with Gasteiger partial charge in [0.25, 0.3) is 0 Å². The third kappa shape index (κ3) is 4.32. The molecule has 3 aromatic carbocycles. The van der Waals surface area contributed by atoms with E-state index >= 15 is 0 Å². The molecule has 31 heavy (non-hydrogen) atoms. The molecule has 0 bridgehead atoms. The van der Waals surface area contributed by atoms with Crippen molar-refractivity contribution in [3.8, 4) is 11.1 Å². The van der Waals surface area contributed by atoms with E-state index in [2.05, 4.69) is 21.2 Å². The smallest absolute Gasteiger partial charge is 0.407 e. The number of aliphatic carboxylic acids is 1. The Morgan fingerprint density at radius 3 is 2.19 bits per heavy atom. The second kappa shape index (κ2) is 8.89. The molecule has 3 aromatic rings. The number of halogens is 2. The molecule has 0 spiro atoms. The highest BCUT2D eigenvalue weighted by atomic mass is 79.9. The number of hydrogen-bond acceptors (Lipinski definition) is 3. The van der Waals surface area contributed by atoms with Crippen molar-refractivity contribution in [1.29, 1.82) is 0 Å². The number of carboxylic acids is 1. The van der Waals surface area contributed by atoms with Gasteiger partial charge in [-0.3, -0.25) is 4.79 Å². The Morgan fingerprint density at radius 1 is 1.00 bits per heavy atom. The minimum Gasteiger partial charge on any atom is -0.481 e. The van der Waals surface area contributed by atoms with Gasteiger partial charge in [0.15, 0.2) is 0 Å². The van der Waals surface area contributed by atoms with E-state index in [1.165, 1.54) is 12.1 Å². The Labute approximate surface area is 187 Å². The van der Waals surface area contributed by atoms with Gasteiger partial charge in [-0.1, -0.05) is 70.5 Å². The maximum Gasteiger partial charge on any atom is 0.407 e. The van der Waals surface area contributed by atoms with Crippen molar-refractivity contribution in [2.45, 2.75) is 18.4 Å². The number of hydrogen-bond donors (Lipinski definition) is 2. The van der Waals surface area contributed by atoms with Crippen LogP contribution in [0.2, 0.25) is 0 Å². The van der Waals surface area contributed by atoms with Crippen molar-refractivity contribution in [3.63, 3.8) is 0 Å². The molecular weight excluding hydrogens is 465 g/mol. The van der Waals surface area contributed by atoms with Gasteiger partial charge in [0.1, 0.15) is 12.4 Å². The zero-order chi connectivity index (χ0) is 22.0. The van der Waals surface area contributed by atoms with Gasteiger partial charge in [-0.15, -0.1) is 0 Å². The van der Waals surface area contributed by atoms with Crippen molar-refractivity contribution in [1.82, 2.24) is 5.32 Å². The number of carboxylic acid groups (broad SMARTS) is 1. The number of nitrogens with one attached hydrogen (secondary N) is 1. The van der Waals surface area contributed by atoms with Gasteiger partial charge in [0.2, 0.25) is 0 Å². The summed E-state index contributed by atoms with van der Waals surface area (Å²) >= 11 is 3.23. The minimum atomic E-state index is -1.17. The summed E-state index contributed by atoms with van der Waals surface area (Å²) in [5.74, 6) is -1.91. The van der Waals surface area contributed by atoms with Gasteiger partial charge in [-0.05, 0) is 34.4 Å². The van der Waals surface area contributed by atoms with Crippen molar-refractivity contribution < 1.29 is 23.8 Å². The van der Waals surface area contributed by atoms with Crippen LogP contribution in [-0.2, 0) is 9.53 Å². The van der Waals surface area contributed by atoms with Crippen molar-refractivity contribution in [2.75, 3.05) is 6.61 Å². The van der Waals surface area contributed by atoms with Crippen molar-refractivity contribution in [2.24, 2.45) is 0 Å². The SMILES string of the molecule is O=C(O)C[C@@H](NC(=O)OCC1c2ccccc2-c2ccccc21)c1c(F)cccc1Br. The summed E-state index contributed by atoms with van der Waals surface area (Å²) in [5, 5.41) is 11.7. The highest BCUT2D eigenvalue weighted by Gasteiger charge is 2.30. The molecule has 4 rings (SSSR count). The Bertz CT molecular complexity index is 1080. The second-order valence-corrected chi connectivity index (χ2v) is 8.11. The molecule has 0 radical (unpaired) electrons. The van der Waals surface area contributed by atoms with E-state index in [1.54, 1.807) is 6.07 Å². The van der Waals surface area contributed by atoms with Crippen LogP contribution in [0, 0.1) is 5.82 Å². The third-order valence-corrected chi connectivity index (χ3v) is 6.05. The lowest BCUT2D eigenvalue weighted by Gasteiger charge is -2.20. The largest absolute Gasteiger partial charge is 0.481 e. The molecule has 5 nitrogen and oxygen atoms in total. The lowest BCUT2D eigenvalue weighted by Crippen LogP contribution is -2.32. The Kier molecular flexibility index (Phi) is 6.04. The number of ether oxygens (including phenoxy) is 1. The normalized spacial score (nSPS) is 13.2. The predicted molar refractivity (Wildman–Crippen MR) is 117 cm³/mol. The molecule has 0 saturated heterocycles. The fourth-order valence-corrected chi connectivity index (χ4v) is 4.64. The molecule has 0 fully saturated rings. The maximum atomic E-state index is 14.3. The van der Waals surface area contributed by atoms with Crippen molar-refractivity contribution in [3.05, 3.63) is 93.7 Å². The fourth-order valence-electron chi connectivity index (χ4n) is 4.03. The molecule has 158 valence electrons. The zero-order valence-corrected chi connectivity index (χ0v) is 17.9. The second-order valence-electron chi connectivity index (χ2n) is 7.26. The van der Waals surface area contributed by atoms with Crippen LogP contribution in [0.25, 0.3) is 11.1 Å². The first-order valence-electron chi connectivity index (χ1n) is 9.73. The third-order valence-electron chi connectivity index (χ3n) is 5.36. The first-order valence-corrected chi connectivity index (χ1v) is 10.5. The molecule has 0 heterocycles. The van der Waals surface area contributed by atoms with E-state index in [0.29, 0.717) is 4.47 Å². The van der Waals surface area contributed by atoms with Gasteiger partial charge in [0.05, 0.1) is 12.5 Å². The van der Waals surface area contributed by atoms with E-state index in [-0.39, 0.29) is 18.1 Å².